The fraction of sp³-hybridized carbons (Fsp3) is 0.261. The second-order valence-electron chi connectivity index (χ2n) is 7.37. The van der Waals surface area contributed by atoms with Gasteiger partial charge in [0, 0.05) is 17.9 Å². The van der Waals surface area contributed by atoms with Gasteiger partial charge < -0.3 is 0 Å². The van der Waals surface area contributed by atoms with Gasteiger partial charge in [-0.25, -0.2) is 4.98 Å². The molecule has 4 rings (SSSR count). The molecule has 2 heterocycles. The van der Waals surface area contributed by atoms with Crippen LogP contribution in [0, 0.1) is 0 Å². The summed E-state index contributed by atoms with van der Waals surface area (Å²) in [5.41, 5.74) is 4.27. The Morgan fingerprint density at radius 3 is 2.52 bits per heavy atom. The minimum absolute atomic E-state index is 0.310. The van der Waals surface area contributed by atoms with Crippen LogP contribution >= 0.6 is 12.6 Å². The van der Waals surface area contributed by atoms with Crippen LogP contribution in [-0.4, -0.2) is 41.6 Å². The molecule has 1 unspecified atom stereocenters. The number of H-pyrrole nitrogens is 2. The number of aromatic nitrogens is 7. The van der Waals surface area contributed by atoms with Crippen LogP contribution in [0.2, 0.25) is 0 Å². The molecule has 7 nitrogen and oxygen atoms in total. The molecule has 8 heteroatoms. The first-order valence-corrected chi connectivity index (χ1v) is 11.0. The van der Waals surface area contributed by atoms with E-state index >= 15 is 0 Å². The van der Waals surface area contributed by atoms with Gasteiger partial charge in [0.25, 0.3) is 0 Å². The molecule has 158 valence electrons. The molecule has 4 aromatic rings. The Labute approximate surface area is 186 Å². The van der Waals surface area contributed by atoms with Gasteiger partial charge >= 0.3 is 0 Å². The second-order valence-corrected chi connectivity index (χ2v) is 7.82. The van der Waals surface area contributed by atoms with Crippen molar-refractivity contribution in [1.29, 1.82) is 0 Å². The van der Waals surface area contributed by atoms with Crippen LogP contribution < -0.4 is 0 Å². The molecular formula is C23H25N7S. The van der Waals surface area contributed by atoms with Crippen LogP contribution in [-0.2, 0) is 6.42 Å². The average Bonchev–Trinajstić information content (AvgIpc) is 3.50. The Balaban J connectivity index is 1.49. The summed E-state index contributed by atoms with van der Waals surface area (Å²) in [5, 5.41) is 22.0. The molecule has 2 aromatic carbocycles. The maximum atomic E-state index is 4.74. The summed E-state index contributed by atoms with van der Waals surface area (Å²) in [6.07, 6.45) is 5.56. The van der Waals surface area contributed by atoms with Crippen LogP contribution in [0.25, 0.3) is 22.5 Å². The number of tetrazole rings is 1. The molecule has 0 saturated carbocycles. The summed E-state index contributed by atoms with van der Waals surface area (Å²) in [4.78, 5) is 4.74. The first kappa shape index (κ1) is 21.0. The van der Waals surface area contributed by atoms with Crippen molar-refractivity contribution in [1.82, 2.24) is 35.8 Å². The van der Waals surface area contributed by atoms with Gasteiger partial charge in [0.1, 0.15) is 5.82 Å². The fourth-order valence-electron chi connectivity index (χ4n) is 3.65. The number of nitrogens with one attached hydrogen (secondary N) is 2. The van der Waals surface area contributed by atoms with Crippen molar-refractivity contribution in [2.24, 2.45) is 0 Å². The molecule has 0 amide bonds. The summed E-state index contributed by atoms with van der Waals surface area (Å²) in [5.74, 6) is 3.46. The highest BCUT2D eigenvalue weighted by Crippen LogP contribution is 2.30. The fourth-order valence-corrected chi connectivity index (χ4v) is 3.96. The third-order valence-electron chi connectivity index (χ3n) is 5.26. The zero-order valence-corrected chi connectivity index (χ0v) is 18.1. The highest BCUT2D eigenvalue weighted by Gasteiger charge is 2.16. The van der Waals surface area contributed by atoms with E-state index in [0.717, 1.165) is 53.4 Å². The van der Waals surface area contributed by atoms with Crippen molar-refractivity contribution >= 4 is 12.6 Å². The van der Waals surface area contributed by atoms with E-state index in [2.05, 4.69) is 80.4 Å². The van der Waals surface area contributed by atoms with E-state index in [9.17, 15) is 0 Å². The smallest absolute Gasteiger partial charge is 0.205 e. The molecule has 0 fully saturated rings. The minimum Gasteiger partial charge on any atom is -0.263 e. The second kappa shape index (κ2) is 10.2. The Hall–Kier alpha value is -3.26. The lowest BCUT2D eigenvalue weighted by atomic mass is 9.97. The highest BCUT2D eigenvalue weighted by atomic mass is 32.1. The third-order valence-corrected chi connectivity index (χ3v) is 5.52. The molecule has 31 heavy (non-hydrogen) atoms. The minimum atomic E-state index is 0.310. The van der Waals surface area contributed by atoms with E-state index in [0.29, 0.717) is 18.2 Å². The number of rotatable bonds is 10. The highest BCUT2D eigenvalue weighted by molar-refractivity contribution is 7.80. The maximum Gasteiger partial charge on any atom is 0.205 e. The number of hydrogen-bond donors (Lipinski definition) is 3. The first-order chi connectivity index (χ1) is 15.3. The van der Waals surface area contributed by atoms with Gasteiger partial charge in [-0.3, -0.25) is 5.10 Å². The normalized spacial score (nSPS) is 12.0. The van der Waals surface area contributed by atoms with E-state index in [1.807, 2.05) is 24.3 Å². The monoisotopic (exact) mass is 431 g/mol. The van der Waals surface area contributed by atoms with E-state index in [1.54, 1.807) is 0 Å². The molecule has 2 N–H and O–H groups in total. The molecule has 0 saturated heterocycles. The lowest BCUT2D eigenvalue weighted by molar-refractivity contribution is 0.585. The summed E-state index contributed by atoms with van der Waals surface area (Å²) < 4.78 is 0. The predicted molar refractivity (Wildman–Crippen MR) is 125 cm³/mol. The van der Waals surface area contributed by atoms with Crippen molar-refractivity contribution < 1.29 is 0 Å². The topological polar surface area (TPSA) is 96.0 Å². The van der Waals surface area contributed by atoms with E-state index in [1.165, 1.54) is 5.56 Å². The lowest BCUT2D eigenvalue weighted by Gasteiger charge is -2.10. The maximum absolute atomic E-state index is 4.74. The molecule has 0 bridgehead atoms. The quantitative estimate of drug-likeness (QED) is 0.252. The van der Waals surface area contributed by atoms with Crippen molar-refractivity contribution in [3.8, 4) is 22.5 Å². The molecule has 2 aromatic heterocycles. The molecule has 1 atom stereocenters. The predicted octanol–water partition coefficient (Wildman–Crippen LogP) is 4.61. The van der Waals surface area contributed by atoms with Crippen LogP contribution in [0.5, 0.6) is 0 Å². The van der Waals surface area contributed by atoms with Crippen LogP contribution in [0.3, 0.4) is 0 Å². The van der Waals surface area contributed by atoms with Crippen molar-refractivity contribution in [3.05, 3.63) is 78.4 Å². The van der Waals surface area contributed by atoms with Gasteiger partial charge in [-0.2, -0.15) is 22.9 Å². The van der Waals surface area contributed by atoms with E-state index < -0.39 is 0 Å². The number of nitrogens with zero attached hydrogens (tertiary/aromatic N) is 5. The van der Waals surface area contributed by atoms with Gasteiger partial charge in [-0.1, -0.05) is 54.6 Å². The van der Waals surface area contributed by atoms with Crippen molar-refractivity contribution in [2.75, 3.05) is 5.75 Å². The number of thiol groups is 1. The standard InChI is InChI=1S/C23H25N7S/c1-2-3-6-18(13-14-31)22-24-21(25-26-22)15-16-9-11-17(12-10-16)19-7-4-5-8-20(19)23-27-29-30-28-23/h2,4-5,7-12,18,31H,1,3,6,13-15H2,(H,24,25,26)(H,27,28,29,30). The molecule has 0 spiro atoms. The third kappa shape index (κ3) is 5.08. The summed E-state index contributed by atoms with van der Waals surface area (Å²) >= 11 is 4.38. The SMILES string of the molecule is C=CCCC(CCS)c1n[nH]c(Cc2ccc(-c3ccccc3-c3nn[nH]n3)cc2)n1. The van der Waals surface area contributed by atoms with E-state index in [-0.39, 0.29) is 0 Å². The Morgan fingerprint density at radius 1 is 1.00 bits per heavy atom. The van der Waals surface area contributed by atoms with E-state index in [4.69, 9.17) is 4.98 Å². The molecule has 0 radical (unpaired) electrons. The Morgan fingerprint density at radius 2 is 1.81 bits per heavy atom. The van der Waals surface area contributed by atoms with Crippen molar-refractivity contribution in [2.45, 2.75) is 31.6 Å². The average molecular weight is 432 g/mol. The number of benzene rings is 2. The Kier molecular flexibility index (Phi) is 6.89. The number of allylic oxidation sites excluding steroid dienone is 1. The zero-order chi connectivity index (χ0) is 21.5. The largest absolute Gasteiger partial charge is 0.263 e. The van der Waals surface area contributed by atoms with Crippen LogP contribution in [0.4, 0.5) is 0 Å². The van der Waals surface area contributed by atoms with Crippen LogP contribution in [0.1, 0.15) is 42.4 Å². The number of hydrogen-bond acceptors (Lipinski definition) is 6. The van der Waals surface area contributed by atoms with Gasteiger partial charge in [-0.05, 0) is 46.9 Å². The molecular weight excluding hydrogens is 406 g/mol. The summed E-state index contributed by atoms with van der Waals surface area (Å²) in [6.45, 7) is 3.82. The lowest BCUT2D eigenvalue weighted by Crippen LogP contribution is -2.02. The zero-order valence-electron chi connectivity index (χ0n) is 17.2. The summed E-state index contributed by atoms with van der Waals surface area (Å²) in [7, 11) is 0. The van der Waals surface area contributed by atoms with Gasteiger partial charge in [-0.15, -0.1) is 16.8 Å². The molecule has 0 aliphatic heterocycles. The molecule has 0 aliphatic rings. The van der Waals surface area contributed by atoms with Crippen LogP contribution in [0.15, 0.2) is 61.2 Å². The van der Waals surface area contributed by atoms with Gasteiger partial charge in [0.05, 0.1) is 0 Å². The van der Waals surface area contributed by atoms with Crippen molar-refractivity contribution in [3.63, 3.8) is 0 Å². The first-order valence-electron chi connectivity index (χ1n) is 10.3. The Bertz CT molecular complexity index is 1100. The molecule has 0 aliphatic carbocycles. The summed E-state index contributed by atoms with van der Waals surface area (Å²) in [6, 6.07) is 16.5. The van der Waals surface area contributed by atoms with Gasteiger partial charge in [0.2, 0.25) is 5.82 Å². The number of aromatic amines is 2. The van der Waals surface area contributed by atoms with Gasteiger partial charge in [0.15, 0.2) is 5.82 Å².